The van der Waals surface area contributed by atoms with E-state index in [0.717, 1.165) is 21.8 Å². The zero-order valence-electron chi connectivity index (χ0n) is 12.0. The summed E-state index contributed by atoms with van der Waals surface area (Å²) >= 11 is 3.03. The monoisotopic (exact) mass is 313 g/mol. The summed E-state index contributed by atoms with van der Waals surface area (Å²) in [6.07, 6.45) is 3.31. The Morgan fingerprint density at radius 2 is 2.00 bits per heavy atom. The van der Waals surface area contributed by atoms with Gasteiger partial charge in [0.1, 0.15) is 10.9 Å². The van der Waals surface area contributed by atoms with E-state index in [-0.39, 0.29) is 11.7 Å². The molecule has 1 atom stereocenters. The van der Waals surface area contributed by atoms with Gasteiger partial charge in [0.2, 0.25) is 0 Å². The van der Waals surface area contributed by atoms with Crippen LogP contribution in [0.15, 0.2) is 28.5 Å². The molecule has 1 aromatic heterocycles. The van der Waals surface area contributed by atoms with Crippen LogP contribution in [-0.4, -0.2) is 12.0 Å². The molecule has 3 rings (SSSR count). The van der Waals surface area contributed by atoms with Crippen molar-refractivity contribution in [1.29, 1.82) is 5.26 Å². The highest BCUT2D eigenvalue weighted by Crippen LogP contribution is 2.42. The number of carbonyl (C=O) groups is 1. The Labute approximate surface area is 132 Å². The first kappa shape index (κ1) is 14.4. The second-order valence-electron chi connectivity index (χ2n) is 5.33. The van der Waals surface area contributed by atoms with Gasteiger partial charge in [-0.1, -0.05) is 29.8 Å². The highest BCUT2D eigenvalue weighted by atomic mass is 32.2. The molecule has 0 spiro atoms. The third kappa shape index (κ3) is 2.52. The van der Waals surface area contributed by atoms with Crippen molar-refractivity contribution in [3.63, 3.8) is 0 Å². The molecule has 0 radical (unpaired) electrons. The molecular formula is C17H15NOS2. The minimum Gasteiger partial charge on any atom is -0.294 e. The number of nitriles is 1. The van der Waals surface area contributed by atoms with Gasteiger partial charge in [0, 0.05) is 12.0 Å². The lowest BCUT2D eigenvalue weighted by molar-refractivity contribution is 0.0962. The zero-order valence-corrected chi connectivity index (χ0v) is 13.6. The van der Waals surface area contributed by atoms with Crippen LogP contribution in [0.5, 0.6) is 0 Å². The molecule has 2 aromatic rings. The Bertz CT molecular complexity index is 737. The molecule has 0 saturated heterocycles. The van der Waals surface area contributed by atoms with Crippen molar-refractivity contribution < 1.29 is 4.79 Å². The van der Waals surface area contributed by atoms with Gasteiger partial charge in [0.15, 0.2) is 5.78 Å². The van der Waals surface area contributed by atoms with Crippen LogP contribution in [0.2, 0.25) is 0 Å². The number of fused-ring (bicyclic) bond motifs is 1. The van der Waals surface area contributed by atoms with Crippen LogP contribution in [0.3, 0.4) is 0 Å². The van der Waals surface area contributed by atoms with E-state index in [1.165, 1.54) is 22.5 Å². The van der Waals surface area contributed by atoms with Gasteiger partial charge in [-0.2, -0.15) is 5.26 Å². The summed E-state index contributed by atoms with van der Waals surface area (Å²) in [5.74, 6) is 0.380. The zero-order chi connectivity index (χ0) is 15.0. The first-order valence-corrected chi connectivity index (χ1v) is 8.87. The number of rotatable bonds is 2. The highest BCUT2D eigenvalue weighted by molar-refractivity contribution is 8.00. The quantitative estimate of drug-likeness (QED) is 0.763. The second kappa shape index (κ2) is 5.67. The van der Waals surface area contributed by atoms with Gasteiger partial charge < -0.3 is 0 Å². The fraction of sp³-hybridized carbons (Fsp3) is 0.294. The molecule has 1 heterocycles. The van der Waals surface area contributed by atoms with Crippen molar-refractivity contribution in [3.05, 3.63) is 51.4 Å². The van der Waals surface area contributed by atoms with Gasteiger partial charge in [0.25, 0.3) is 0 Å². The Kier molecular flexibility index (Phi) is 3.88. The number of thioether (sulfide) groups is 1. The standard InChI is InChI=1S/C17H15NOS2/c1-10-3-5-11(6-4-10)12-7-13-15(9-18)21-17(20-2)16(13)14(19)8-12/h3-6,12H,7-8H2,1-2H3/t12-/m1/s1. The predicted octanol–water partition coefficient (Wildman–Crippen LogP) is 4.56. The molecule has 1 aliphatic carbocycles. The topological polar surface area (TPSA) is 40.9 Å². The van der Waals surface area contributed by atoms with E-state index < -0.39 is 0 Å². The van der Waals surface area contributed by atoms with Crippen LogP contribution in [0, 0.1) is 18.3 Å². The van der Waals surface area contributed by atoms with E-state index in [9.17, 15) is 10.1 Å². The molecule has 0 saturated carbocycles. The van der Waals surface area contributed by atoms with Gasteiger partial charge in [-0.15, -0.1) is 23.1 Å². The lowest BCUT2D eigenvalue weighted by Gasteiger charge is -2.22. The van der Waals surface area contributed by atoms with Crippen molar-refractivity contribution in [2.45, 2.75) is 29.9 Å². The van der Waals surface area contributed by atoms with Crippen molar-refractivity contribution >= 4 is 28.9 Å². The summed E-state index contributed by atoms with van der Waals surface area (Å²) in [5.41, 5.74) is 4.20. The molecule has 0 bridgehead atoms. The Balaban J connectivity index is 2.02. The van der Waals surface area contributed by atoms with Crippen LogP contribution in [0.4, 0.5) is 0 Å². The van der Waals surface area contributed by atoms with Gasteiger partial charge in [-0.3, -0.25) is 4.79 Å². The summed E-state index contributed by atoms with van der Waals surface area (Å²) in [6.45, 7) is 2.06. The normalized spacial score (nSPS) is 17.4. The average Bonchev–Trinajstić information content (AvgIpc) is 2.86. The fourth-order valence-corrected chi connectivity index (χ4v) is 4.77. The minimum atomic E-state index is 0.184. The van der Waals surface area contributed by atoms with Crippen LogP contribution in [0.25, 0.3) is 0 Å². The summed E-state index contributed by atoms with van der Waals surface area (Å²) < 4.78 is 0.994. The summed E-state index contributed by atoms with van der Waals surface area (Å²) in [4.78, 5) is 13.2. The van der Waals surface area contributed by atoms with Gasteiger partial charge in [0.05, 0.1) is 4.21 Å². The molecular weight excluding hydrogens is 298 g/mol. The van der Waals surface area contributed by atoms with Gasteiger partial charge in [-0.25, -0.2) is 0 Å². The van der Waals surface area contributed by atoms with Crippen molar-refractivity contribution in [1.82, 2.24) is 0 Å². The molecule has 0 N–H and O–H groups in total. The molecule has 0 aliphatic heterocycles. The average molecular weight is 313 g/mol. The molecule has 0 amide bonds. The van der Waals surface area contributed by atoms with Crippen molar-refractivity contribution in [2.75, 3.05) is 6.26 Å². The van der Waals surface area contributed by atoms with Crippen molar-refractivity contribution in [3.8, 4) is 6.07 Å². The second-order valence-corrected chi connectivity index (χ2v) is 7.42. The largest absolute Gasteiger partial charge is 0.294 e. The number of benzene rings is 1. The number of Topliss-reactive ketones (excluding diaryl/α,β-unsaturated/α-hetero) is 1. The number of hydrogen-bond donors (Lipinski definition) is 0. The lowest BCUT2D eigenvalue weighted by Crippen LogP contribution is -2.18. The molecule has 2 nitrogen and oxygen atoms in total. The van der Waals surface area contributed by atoms with Crippen LogP contribution in [0.1, 0.15) is 44.3 Å². The maximum atomic E-state index is 12.5. The molecule has 1 aromatic carbocycles. The number of ketones is 1. The Morgan fingerprint density at radius 1 is 1.29 bits per heavy atom. The third-order valence-corrected chi connectivity index (χ3v) is 6.23. The molecule has 106 valence electrons. The first-order chi connectivity index (χ1) is 10.1. The molecule has 4 heteroatoms. The van der Waals surface area contributed by atoms with E-state index in [4.69, 9.17) is 0 Å². The van der Waals surface area contributed by atoms with Gasteiger partial charge >= 0.3 is 0 Å². The third-order valence-electron chi connectivity index (χ3n) is 3.97. The van der Waals surface area contributed by atoms with Crippen LogP contribution < -0.4 is 0 Å². The van der Waals surface area contributed by atoms with E-state index in [0.29, 0.717) is 11.3 Å². The molecule has 21 heavy (non-hydrogen) atoms. The maximum absolute atomic E-state index is 12.5. The summed E-state index contributed by atoms with van der Waals surface area (Å²) in [6, 6.07) is 10.6. The first-order valence-electron chi connectivity index (χ1n) is 6.83. The van der Waals surface area contributed by atoms with E-state index >= 15 is 0 Å². The number of hydrogen-bond acceptors (Lipinski definition) is 4. The summed E-state index contributed by atoms with van der Waals surface area (Å²) in [5, 5.41) is 9.32. The van der Waals surface area contributed by atoms with E-state index in [1.807, 2.05) is 6.26 Å². The number of thiophene rings is 1. The van der Waals surface area contributed by atoms with Crippen molar-refractivity contribution in [2.24, 2.45) is 0 Å². The van der Waals surface area contributed by atoms with E-state index in [2.05, 4.69) is 37.3 Å². The fourth-order valence-electron chi connectivity index (χ4n) is 2.87. The molecule has 0 unspecified atom stereocenters. The number of carbonyl (C=O) groups excluding carboxylic acids is 1. The lowest BCUT2D eigenvalue weighted by atomic mass is 9.80. The number of nitrogens with zero attached hydrogens (tertiary/aromatic N) is 1. The Morgan fingerprint density at radius 3 is 2.62 bits per heavy atom. The van der Waals surface area contributed by atoms with Gasteiger partial charge in [-0.05, 0) is 36.6 Å². The van der Waals surface area contributed by atoms with E-state index in [1.54, 1.807) is 11.8 Å². The molecule has 0 fully saturated rings. The SMILES string of the molecule is CSc1sc(C#N)c2c1C(=O)C[C@H](c1ccc(C)cc1)C2. The number of aryl methyl sites for hydroxylation is 1. The maximum Gasteiger partial charge on any atom is 0.165 e. The molecule has 1 aliphatic rings. The highest BCUT2D eigenvalue weighted by Gasteiger charge is 2.32. The smallest absolute Gasteiger partial charge is 0.165 e. The summed E-state index contributed by atoms with van der Waals surface area (Å²) in [7, 11) is 0. The Hall–Kier alpha value is -1.57. The predicted molar refractivity (Wildman–Crippen MR) is 87.4 cm³/mol. The minimum absolute atomic E-state index is 0.184. The van der Waals surface area contributed by atoms with Crippen LogP contribution >= 0.6 is 23.1 Å². The van der Waals surface area contributed by atoms with Crippen LogP contribution in [-0.2, 0) is 6.42 Å².